The Morgan fingerprint density at radius 1 is 0.913 bits per heavy atom. The molecule has 2 rings (SSSR count). The van der Waals surface area contributed by atoms with Gasteiger partial charge in [-0.1, -0.05) is 0 Å². The van der Waals surface area contributed by atoms with Gasteiger partial charge in [-0.2, -0.15) is 0 Å². The molecule has 0 fully saturated rings. The third-order valence-electron chi connectivity index (χ3n) is 2.84. The number of carbonyl (C=O) groups excluding carboxylic acids is 2. The fourth-order valence-corrected chi connectivity index (χ4v) is 1.73. The summed E-state index contributed by atoms with van der Waals surface area (Å²) in [5.41, 5.74) is 2.48. The standard InChI is InChI=1S/C14H12N4O5/c19-13(17-21)9-1-3-10(4-2-9)15-14(20)16-11-5-7-12(8-6-11)18(22)23/h1-8,21H,(H,17,19)(H2,15,16,20). The Labute approximate surface area is 130 Å². The molecule has 0 aliphatic rings. The van der Waals surface area contributed by atoms with Crippen molar-refractivity contribution in [1.82, 2.24) is 5.48 Å². The SMILES string of the molecule is O=C(Nc1ccc(C(=O)NO)cc1)Nc1ccc([N+](=O)[O-])cc1. The Morgan fingerprint density at radius 2 is 1.39 bits per heavy atom. The van der Waals surface area contributed by atoms with E-state index in [1.54, 1.807) is 0 Å². The number of nitro benzene ring substituents is 1. The number of nitrogens with zero attached hydrogens (tertiary/aromatic N) is 1. The van der Waals surface area contributed by atoms with Crippen molar-refractivity contribution < 1.29 is 19.7 Å². The number of urea groups is 1. The minimum absolute atomic E-state index is 0.0753. The average Bonchev–Trinajstić information content (AvgIpc) is 2.55. The third kappa shape index (κ3) is 4.25. The lowest BCUT2D eigenvalue weighted by Crippen LogP contribution is -2.20. The maximum atomic E-state index is 11.8. The Balaban J connectivity index is 1.96. The summed E-state index contributed by atoms with van der Waals surface area (Å²) in [7, 11) is 0. The number of carbonyl (C=O) groups is 2. The molecule has 0 atom stereocenters. The molecule has 0 bridgehead atoms. The van der Waals surface area contributed by atoms with Crippen LogP contribution in [0.5, 0.6) is 0 Å². The van der Waals surface area contributed by atoms with E-state index in [1.165, 1.54) is 54.0 Å². The van der Waals surface area contributed by atoms with Crippen molar-refractivity contribution in [2.24, 2.45) is 0 Å². The van der Waals surface area contributed by atoms with E-state index in [0.717, 1.165) is 0 Å². The van der Waals surface area contributed by atoms with Gasteiger partial charge in [0.25, 0.3) is 11.6 Å². The van der Waals surface area contributed by atoms with Crippen molar-refractivity contribution in [3.63, 3.8) is 0 Å². The number of benzene rings is 2. The quantitative estimate of drug-likeness (QED) is 0.390. The first-order chi connectivity index (χ1) is 11.0. The third-order valence-corrected chi connectivity index (χ3v) is 2.84. The van der Waals surface area contributed by atoms with Crippen molar-refractivity contribution in [2.45, 2.75) is 0 Å². The van der Waals surface area contributed by atoms with Gasteiger partial charge in [-0.25, -0.2) is 10.3 Å². The highest BCUT2D eigenvalue weighted by molar-refractivity contribution is 6.00. The lowest BCUT2D eigenvalue weighted by atomic mass is 10.2. The molecule has 0 saturated heterocycles. The van der Waals surface area contributed by atoms with Gasteiger partial charge >= 0.3 is 6.03 Å². The Morgan fingerprint density at radius 3 is 1.83 bits per heavy atom. The summed E-state index contributed by atoms with van der Waals surface area (Å²) in [5.74, 6) is -0.660. The number of nitrogens with one attached hydrogen (secondary N) is 3. The van der Waals surface area contributed by atoms with Crippen molar-refractivity contribution in [2.75, 3.05) is 10.6 Å². The van der Waals surface area contributed by atoms with Crippen LogP contribution in [0.4, 0.5) is 21.9 Å². The fraction of sp³-hybridized carbons (Fsp3) is 0. The summed E-state index contributed by atoms with van der Waals surface area (Å²) in [5, 5.41) is 24.1. The van der Waals surface area contributed by atoms with E-state index in [4.69, 9.17) is 5.21 Å². The maximum absolute atomic E-state index is 11.8. The van der Waals surface area contributed by atoms with Gasteiger partial charge in [-0.3, -0.25) is 20.1 Å². The molecule has 0 heterocycles. The Hall–Kier alpha value is -3.46. The summed E-state index contributed by atoms with van der Waals surface area (Å²) in [4.78, 5) is 33.0. The van der Waals surface area contributed by atoms with Crippen LogP contribution in [-0.4, -0.2) is 22.1 Å². The highest BCUT2D eigenvalue weighted by Gasteiger charge is 2.07. The number of rotatable bonds is 4. The molecule has 9 heteroatoms. The summed E-state index contributed by atoms with van der Waals surface area (Å²) < 4.78 is 0. The zero-order valence-corrected chi connectivity index (χ0v) is 11.6. The second-order valence-corrected chi connectivity index (χ2v) is 4.40. The van der Waals surface area contributed by atoms with E-state index in [-0.39, 0.29) is 11.3 Å². The number of hydrogen-bond acceptors (Lipinski definition) is 5. The zero-order chi connectivity index (χ0) is 16.8. The number of anilines is 2. The predicted octanol–water partition coefficient (Wildman–Crippen LogP) is 2.36. The lowest BCUT2D eigenvalue weighted by molar-refractivity contribution is -0.384. The van der Waals surface area contributed by atoms with Gasteiger partial charge in [0.1, 0.15) is 0 Å². The van der Waals surface area contributed by atoms with Crippen LogP contribution in [0.3, 0.4) is 0 Å². The molecule has 118 valence electrons. The number of nitro groups is 1. The van der Waals surface area contributed by atoms with E-state index in [1.807, 2.05) is 0 Å². The van der Waals surface area contributed by atoms with Crippen LogP contribution < -0.4 is 16.1 Å². The van der Waals surface area contributed by atoms with Crippen LogP contribution in [0.15, 0.2) is 48.5 Å². The summed E-state index contributed by atoms with van der Waals surface area (Å²) in [6.45, 7) is 0. The molecule has 0 saturated carbocycles. The molecule has 2 aromatic rings. The molecule has 9 nitrogen and oxygen atoms in total. The molecule has 3 amide bonds. The van der Waals surface area contributed by atoms with Gasteiger partial charge in [0.15, 0.2) is 0 Å². The van der Waals surface area contributed by atoms with Crippen LogP contribution in [0.2, 0.25) is 0 Å². The first-order valence-corrected chi connectivity index (χ1v) is 6.36. The van der Waals surface area contributed by atoms with Crippen molar-refractivity contribution in [1.29, 1.82) is 0 Å². The molecule has 0 aromatic heterocycles. The van der Waals surface area contributed by atoms with Gasteiger partial charge in [-0.05, 0) is 36.4 Å². The van der Waals surface area contributed by atoms with Crippen LogP contribution >= 0.6 is 0 Å². The van der Waals surface area contributed by atoms with Crippen molar-refractivity contribution in [3.05, 3.63) is 64.2 Å². The predicted molar refractivity (Wildman–Crippen MR) is 81.4 cm³/mol. The van der Waals surface area contributed by atoms with Gasteiger partial charge in [-0.15, -0.1) is 0 Å². The van der Waals surface area contributed by atoms with Crippen molar-refractivity contribution in [3.8, 4) is 0 Å². The molecule has 2 aromatic carbocycles. The highest BCUT2D eigenvalue weighted by Crippen LogP contribution is 2.16. The van der Waals surface area contributed by atoms with Crippen molar-refractivity contribution >= 4 is 29.0 Å². The van der Waals surface area contributed by atoms with Crippen LogP contribution in [0.1, 0.15) is 10.4 Å². The molecule has 23 heavy (non-hydrogen) atoms. The second-order valence-electron chi connectivity index (χ2n) is 4.40. The largest absolute Gasteiger partial charge is 0.323 e. The molecular weight excluding hydrogens is 304 g/mol. The lowest BCUT2D eigenvalue weighted by Gasteiger charge is -2.08. The average molecular weight is 316 g/mol. The second kappa shape index (κ2) is 7.00. The number of amides is 3. The summed E-state index contributed by atoms with van der Waals surface area (Å²) >= 11 is 0. The number of hydrogen-bond donors (Lipinski definition) is 4. The van der Waals surface area contributed by atoms with Crippen LogP contribution in [-0.2, 0) is 0 Å². The first kappa shape index (κ1) is 15.9. The van der Waals surface area contributed by atoms with Crippen LogP contribution in [0.25, 0.3) is 0 Å². The monoisotopic (exact) mass is 316 g/mol. The molecule has 0 unspecified atom stereocenters. The Kier molecular flexibility index (Phi) is 4.85. The van der Waals surface area contributed by atoms with Gasteiger partial charge in [0, 0.05) is 29.1 Å². The van der Waals surface area contributed by atoms with E-state index in [9.17, 15) is 19.7 Å². The maximum Gasteiger partial charge on any atom is 0.323 e. The molecule has 0 aliphatic heterocycles. The fourth-order valence-electron chi connectivity index (χ4n) is 1.73. The van der Waals surface area contributed by atoms with E-state index >= 15 is 0 Å². The zero-order valence-electron chi connectivity index (χ0n) is 11.6. The highest BCUT2D eigenvalue weighted by atomic mass is 16.6. The first-order valence-electron chi connectivity index (χ1n) is 6.36. The normalized spacial score (nSPS) is 9.78. The molecular formula is C14H12N4O5. The van der Waals surface area contributed by atoms with Gasteiger partial charge < -0.3 is 10.6 Å². The Bertz CT molecular complexity index is 728. The van der Waals surface area contributed by atoms with Gasteiger partial charge in [0.2, 0.25) is 0 Å². The van der Waals surface area contributed by atoms with Crippen LogP contribution in [0, 0.1) is 10.1 Å². The van der Waals surface area contributed by atoms with E-state index in [2.05, 4.69) is 10.6 Å². The van der Waals surface area contributed by atoms with Gasteiger partial charge in [0.05, 0.1) is 4.92 Å². The summed E-state index contributed by atoms with van der Waals surface area (Å²) in [6.07, 6.45) is 0. The van der Waals surface area contributed by atoms with E-state index in [0.29, 0.717) is 11.4 Å². The molecule has 0 radical (unpaired) electrons. The topological polar surface area (TPSA) is 134 Å². The minimum atomic E-state index is -0.660. The number of hydroxylamine groups is 1. The summed E-state index contributed by atoms with van der Waals surface area (Å²) in [6, 6.07) is 10.6. The number of non-ortho nitro benzene ring substituents is 1. The molecule has 0 spiro atoms. The van der Waals surface area contributed by atoms with E-state index < -0.39 is 16.9 Å². The molecule has 0 aliphatic carbocycles. The smallest absolute Gasteiger partial charge is 0.308 e. The minimum Gasteiger partial charge on any atom is -0.308 e. The molecule has 4 N–H and O–H groups in total.